The third-order valence-corrected chi connectivity index (χ3v) is 30.1. The molecule has 0 aliphatic carbocycles. The van der Waals surface area contributed by atoms with Crippen molar-refractivity contribution in [1.29, 1.82) is 0 Å². The number of fused-ring (bicyclic) bond motifs is 9. The molecule has 0 spiro atoms. The van der Waals surface area contributed by atoms with Crippen molar-refractivity contribution in [2.75, 3.05) is 0 Å². The second-order valence-corrected chi connectivity index (χ2v) is 38.7. The second kappa shape index (κ2) is 39.3. The largest absolute Gasteiger partial charge is 0.0620 e. The highest BCUT2D eigenvalue weighted by Gasteiger charge is 2.26. The van der Waals surface area contributed by atoms with E-state index in [0.29, 0.717) is 0 Å². The van der Waals surface area contributed by atoms with Crippen LogP contribution in [0.5, 0.6) is 0 Å². The van der Waals surface area contributed by atoms with E-state index >= 15 is 0 Å². The van der Waals surface area contributed by atoms with Crippen LogP contribution in [0, 0.1) is 20.8 Å². The van der Waals surface area contributed by atoms with Crippen molar-refractivity contribution in [3.8, 4) is 167 Å². The van der Waals surface area contributed by atoms with Crippen LogP contribution < -0.4 is 0 Å². The quantitative estimate of drug-likeness (QED) is 0.0898. The zero-order valence-corrected chi connectivity index (χ0v) is 82.2. The smallest absolute Gasteiger partial charge is 0.00201 e. The molecular formula is C147H102. The Morgan fingerprint density at radius 3 is 0.565 bits per heavy atom. The van der Waals surface area contributed by atoms with Gasteiger partial charge in [0.2, 0.25) is 0 Å². The molecule has 27 aromatic rings. The molecule has 0 saturated carbocycles. The fourth-order valence-corrected chi connectivity index (χ4v) is 22.9. The molecule has 27 rings (SSSR count). The monoisotopic (exact) mass is 1870 g/mol. The van der Waals surface area contributed by atoms with Crippen molar-refractivity contribution >= 4 is 97.0 Å². The lowest BCUT2D eigenvalue weighted by atomic mass is 9.83. The summed E-state index contributed by atoms with van der Waals surface area (Å²) in [5.74, 6) is 0. The van der Waals surface area contributed by atoms with Gasteiger partial charge in [0.25, 0.3) is 0 Å². The lowest BCUT2D eigenvalue weighted by molar-refractivity contribution is 1.47. The highest BCUT2D eigenvalue weighted by molar-refractivity contribution is 6.26. The van der Waals surface area contributed by atoms with Gasteiger partial charge in [0.05, 0.1) is 0 Å². The van der Waals surface area contributed by atoms with Crippen molar-refractivity contribution in [2.24, 2.45) is 0 Å². The summed E-state index contributed by atoms with van der Waals surface area (Å²) in [4.78, 5) is 0. The summed E-state index contributed by atoms with van der Waals surface area (Å²) in [6.07, 6.45) is 0. The van der Waals surface area contributed by atoms with Crippen LogP contribution in [0.25, 0.3) is 264 Å². The van der Waals surface area contributed by atoms with Gasteiger partial charge in [-0.1, -0.05) is 546 Å². The molecule has 0 nitrogen and oxygen atoms in total. The van der Waals surface area contributed by atoms with Gasteiger partial charge in [-0.2, -0.15) is 0 Å². The Kier molecular flexibility index (Phi) is 24.0. The molecule has 0 aliphatic heterocycles. The summed E-state index contributed by atoms with van der Waals surface area (Å²) in [6, 6.07) is 206. The minimum absolute atomic E-state index is 1.21. The van der Waals surface area contributed by atoms with E-state index in [9.17, 15) is 0 Å². The average molecular weight is 1870 g/mol. The SMILES string of the molecule is Cc1ccccc1-c1c2ccccc2c(-c2ccccc2-c2ccc(-c3ccc(-c4ccc5ccccc5c4)cc3)cc2)c2ccccc12.Cc1ccccc1-c1c2ccccc2c(-c2ccccc2-c2ccc(-c3ccc(-c4cccc5ccccc45)cc3)cc2)c2ccccc12.Cc1ccccc1-c1c2ccccc2c(-c2ccccc2-c2cccc(-c3ccc(-c4ccc5ccccc5c4)cc3)c2)c2ccccc12. The standard InChI is InChI=1S/3C49H34/c1-33-13-2-5-18-41(33)48-44-21-8-10-23-46(44)49(47-24-11-9-22-45(47)48)43-20-7-6-19-42(43)40-17-12-16-38(32-40)35-25-27-36(28-26-35)39-30-29-34-14-3-4-15-37(34)31-39;1-33-12-2-5-15-41(33)48-44-18-8-10-20-46(44)49(47-21-11-9-19-45(47)48)43-17-7-6-16-42(43)38-29-26-36(27-30-38)35-22-24-37(25-23-35)40-31-28-34-13-3-4-14-39(34)32-40;1-33-13-2-4-16-39(33)48-44-20-8-10-22-46(44)49(47-23-11-9-21-45(47)48)43-19-7-6-18-42(43)38-31-27-35(28-32-38)34-25-29-37(30-26-34)41-24-12-15-36-14-3-5-17-40(36)41/h3*2-32H,1H3. The predicted octanol–water partition coefficient (Wildman–Crippen LogP) is 41.4. The van der Waals surface area contributed by atoms with Gasteiger partial charge in [0.1, 0.15) is 0 Å². The first-order chi connectivity index (χ1) is 72.7. The Balaban J connectivity index is 0.000000115. The molecule has 0 aliphatic rings. The summed E-state index contributed by atoms with van der Waals surface area (Å²) < 4.78 is 0. The van der Waals surface area contributed by atoms with Crippen LogP contribution in [0.1, 0.15) is 16.7 Å². The summed E-state index contributed by atoms with van der Waals surface area (Å²) in [7, 11) is 0. The van der Waals surface area contributed by atoms with Gasteiger partial charge < -0.3 is 0 Å². The van der Waals surface area contributed by atoms with E-state index in [1.807, 2.05) is 0 Å². The minimum atomic E-state index is 1.21. The topological polar surface area (TPSA) is 0 Å². The molecule has 147 heavy (non-hydrogen) atoms. The van der Waals surface area contributed by atoms with Gasteiger partial charge in [-0.25, -0.2) is 0 Å². The fourth-order valence-electron chi connectivity index (χ4n) is 22.9. The van der Waals surface area contributed by atoms with Crippen molar-refractivity contribution in [1.82, 2.24) is 0 Å². The van der Waals surface area contributed by atoms with E-state index in [0.717, 1.165) is 0 Å². The lowest BCUT2D eigenvalue weighted by Crippen LogP contribution is -1.93. The maximum Gasteiger partial charge on any atom is -0.00201 e. The maximum absolute atomic E-state index is 2.34. The van der Waals surface area contributed by atoms with E-state index in [1.165, 1.54) is 281 Å². The first-order valence-electron chi connectivity index (χ1n) is 51.1. The molecule has 690 valence electrons. The Labute approximate surface area is 859 Å². The highest BCUT2D eigenvalue weighted by Crippen LogP contribution is 2.53. The molecule has 0 aromatic heterocycles. The number of aryl methyl sites for hydroxylation is 3. The number of benzene rings is 27. The lowest BCUT2D eigenvalue weighted by Gasteiger charge is -2.20. The molecule has 0 heteroatoms. The van der Waals surface area contributed by atoms with Crippen LogP contribution in [0.4, 0.5) is 0 Å². The van der Waals surface area contributed by atoms with E-state index in [2.05, 4.69) is 585 Å². The normalized spacial score (nSPS) is 11.4. The molecule has 0 heterocycles. The van der Waals surface area contributed by atoms with Gasteiger partial charge in [-0.3, -0.25) is 0 Å². The maximum atomic E-state index is 2.34. The Morgan fingerprint density at radius 2 is 0.265 bits per heavy atom. The van der Waals surface area contributed by atoms with Crippen LogP contribution >= 0.6 is 0 Å². The minimum Gasteiger partial charge on any atom is -0.0620 e. The fraction of sp³-hybridized carbons (Fsp3) is 0.0204. The molecule has 27 aromatic carbocycles. The van der Waals surface area contributed by atoms with Crippen LogP contribution in [0.3, 0.4) is 0 Å². The number of rotatable bonds is 15. The summed E-state index contributed by atoms with van der Waals surface area (Å²) in [5.41, 5.74) is 41.3. The molecule has 0 fully saturated rings. The first-order valence-corrected chi connectivity index (χ1v) is 51.1. The zero-order valence-electron chi connectivity index (χ0n) is 82.2. The molecule has 0 saturated heterocycles. The van der Waals surface area contributed by atoms with E-state index < -0.39 is 0 Å². The second-order valence-electron chi connectivity index (χ2n) is 38.7. The van der Waals surface area contributed by atoms with Crippen LogP contribution in [-0.2, 0) is 0 Å². The van der Waals surface area contributed by atoms with Crippen molar-refractivity contribution < 1.29 is 0 Å². The number of hydrogen-bond donors (Lipinski definition) is 0. The third-order valence-electron chi connectivity index (χ3n) is 30.1. The summed E-state index contributed by atoms with van der Waals surface area (Å²) >= 11 is 0. The van der Waals surface area contributed by atoms with Gasteiger partial charge in [0.15, 0.2) is 0 Å². The number of hydrogen-bond acceptors (Lipinski definition) is 0. The van der Waals surface area contributed by atoms with E-state index in [1.54, 1.807) is 0 Å². The van der Waals surface area contributed by atoms with Crippen molar-refractivity contribution in [3.05, 3.63) is 581 Å². The molecule has 0 N–H and O–H groups in total. The molecule has 0 radical (unpaired) electrons. The van der Waals surface area contributed by atoms with Crippen molar-refractivity contribution in [3.63, 3.8) is 0 Å². The molecule has 0 unspecified atom stereocenters. The molecule has 0 atom stereocenters. The van der Waals surface area contributed by atoms with Gasteiger partial charge in [-0.05, 0) is 320 Å². The molecular weight excluding hydrogens is 1770 g/mol. The van der Waals surface area contributed by atoms with Crippen LogP contribution in [-0.4, -0.2) is 0 Å². The Morgan fingerprint density at radius 1 is 0.0884 bits per heavy atom. The van der Waals surface area contributed by atoms with Gasteiger partial charge in [-0.15, -0.1) is 0 Å². The first kappa shape index (κ1) is 89.6. The van der Waals surface area contributed by atoms with E-state index in [-0.39, 0.29) is 0 Å². The average Bonchev–Trinajstić information content (AvgIpc) is 0.711. The zero-order chi connectivity index (χ0) is 98.2. The molecule has 0 bridgehead atoms. The highest BCUT2D eigenvalue weighted by atomic mass is 14.3. The predicted molar refractivity (Wildman–Crippen MR) is 633 cm³/mol. The Bertz CT molecular complexity index is 9530. The Hall–Kier alpha value is -18.7. The molecule has 0 amide bonds. The third kappa shape index (κ3) is 17.1. The summed E-state index contributed by atoms with van der Waals surface area (Å²) in [6.45, 7) is 6.64. The van der Waals surface area contributed by atoms with Gasteiger partial charge in [0, 0.05) is 0 Å². The van der Waals surface area contributed by atoms with Crippen LogP contribution in [0.15, 0.2) is 564 Å². The van der Waals surface area contributed by atoms with E-state index in [4.69, 9.17) is 0 Å². The van der Waals surface area contributed by atoms with Crippen LogP contribution in [0.2, 0.25) is 0 Å². The summed E-state index contributed by atoms with van der Waals surface area (Å²) in [5, 5.41) is 22.9. The van der Waals surface area contributed by atoms with Crippen molar-refractivity contribution in [2.45, 2.75) is 20.8 Å². The van der Waals surface area contributed by atoms with Gasteiger partial charge >= 0.3 is 0 Å².